The minimum absolute atomic E-state index is 0.107. The van der Waals surface area contributed by atoms with E-state index in [-0.39, 0.29) is 24.2 Å². The van der Waals surface area contributed by atoms with E-state index in [4.69, 9.17) is 9.31 Å². The summed E-state index contributed by atoms with van der Waals surface area (Å²) in [5, 5.41) is 10.4. The van der Waals surface area contributed by atoms with E-state index < -0.39 is 0 Å². The number of nitrogens with zero attached hydrogens (tertiary/aromatic N) is 1. The Kier molecular flexibility index (Phi) is 3.59. The van der Waals surface area contributed by atoms with Gasteiger partial charge in [0, 0.05) is 5.56 Å². The first-order valence-corrected chi connectivity index (χ1v) is 8.14. The summed E-state index contributed by atoms with van der Waals surface area (Å²) in [4.78, 5) is 4.99. The van der Waals surface area contributed by atoms with E-state index in [2.05, 4.69) is 4.98 Å². The SMILES string of the molecule is Cc1sc(-c2ccc(B3OC(C)(C)C(C)(C)O3)cc2)nc1O. The monoisotopic (exact) mass is 317 g/mol. The maximum Gasteiger partial charge on any atom is 0.494 e. The van der Waals surface area contributed by atoms with E-state index in [1.807, 2.05) is 58.9 Å². The van der Waals surface area contributed by atoms with Crippen LogP contribution in [0.25, 0.3) is 10.6 Å². The highest BCUT2D eigenvalue weighted by molar-refractivity contribution is 7.15. The number of aromatic nitrogens is 1. The van der Waals surface area contributed by atoms with Crippen molar-refractivity contribution in [2.45, 2.75) is 45.8 Å². The van der Waals surface area contributed by atoms with Crippen LogP contribution in [0.15, 0.2) is 24.3 Å². The fourth-order valence-electron chi connectivity index (χ4n) is 2.27. The molecular weight excluding hydrogens is 297 g/mol. The Morgan fingerprint density at radius 2 is 1.59 bits per heavy atom. The zero-order valence-corrected chi connectivity index (χ0v) is 14.3. The van der Waals surface area contributed by atoms with Crippen LogP contribution in [0.3, 0.4) is 0 Å². The molecule has 2 aromatic rings. The van der Waals surface area contributed by atoms with Gasteiger partial charge in [-0.3, -0.25) is 0 Å². The Bertz CT molecular complexity index is 658. The van der Waals surface area contributed by atoms with Gasteiger partial charge in [-0.2, -0.15) is 0 Å². The molecule has 1 aliphatic heterocycles. The molecule has 116 valence electrons. The lowest BCUT2D eigenvalue weighted by Gasteiger charge is -2.32. The Balaban J connectivity index is 1.84. The Labute approximate surface area is 135 Å². The second-order valence-electron chi connectivity index (χ2n) is 6.61. The molecule has 0 amide bonds. The quantitative estimate of drug-likeness (QED) is 0.865. The van der Waals surface area contributed by atoms with Crippen LogP contribution in [0.4, 0.5) is 0 Å². The van der Waals surface area contributed by atoms with Gasteiger partial charge in [0.25, 0.3) is 0 Å². The number of aryl methyl sites for hydroxylation is 1. The molecule has 0 aliphatic carbocycles. The first-order valence-electron chi connectivity index (χ1n) is 7.32. The molecule has 1 aliphatic rings. The van der Waals surface area contributed by atoms with Crippen LogP contribution in [-0.4, -0.2) is 28.4 Å². The summed E-state index contributed by atoms with van der Waals surface area (Å²) in [6.45, 7) is 10.0. The van der Waals surface area contributed by atoms with Gasteiger partial charge in [0.1, 0.15) is 5.01 Å². The van der Waals surface area contributed by atoms with Gasteiger partial charge >= 0.3 is 7.12 Å². The van der Waals surface area contributed by atoms with E-state index in [0.717, 1.165) is 20.9 Å². The van der Waals surface area contributed by atoms with Gasteiger partial charge in [0.2, 0.25) is 5.88 Å². The third kappa shape index (κ3) is 2.55. The van der Waals surface area contributed by atoms with E-state index in [1.54, 1.807) is 0 Å². The van der Waals surface area contributed by atoms with Crippen LogP contribution in [-0.2, 0) is 9.31 Å². The van der Waals surface area contributed by atoms with Gasteiger partial charge < -0.3 is 14.4 Å². The molecule has 0 saturated carbocycles. The van der Waals surface area contributed by atoms with Gasteiger partial charge in [-0.25, -0.2) is 4.98 Å². The smallest absolute Gasteiger partial charge is 0.492 e. The Hall–Kier alpha value is -1.37. The van der Waals surface area contributed by atoms with Crippen LogP contribution in [0.1, 0.15) is 32.6 Å². The fraction of sp³-hybridized carbons (Fsp3) is 0.438. The number of hydrogen-bond donors (Lipinski definition) is 1. The average Bonchev–Trinajstić information content (AvgIpc) is 2.87. The molecule has 0 bridgehead atoms. The lowest BCUT2D eigenvalue weighted by molar-refractivity contribution is 0.00578. The molecule has 3 rings (SSSR count). The van der Waals surface area contributed by atoms with Crippen LogP contribution in [0.5, 0.6) is 5.88 Å². The summed E-state index contributed by atoms with van der Waals surface area (Å²) in [6.07, 6.45) is 0. The summed E-state index contributed by atoms with van der Waals surface area (Å²) < 4.78 is 12.1. The molecule has 1 saturated heterocycles. The molecule has 1 aromatic heterocycles. The zero-order valence-electron chi connectivity index (χ0n) is 13.5. The third-order valence-corrected chi connectivity index (χ3v) is 5.46. The second-order valence-corrected chi connectivity index (χ2v) is 7.81. The van der Waals surface area contributed by atoms with Crippen molar-refractivity contribution in [3.8, 4) is 16.5 Å². The minimum atomic E-state index is -0.356. The maximum atomic E-state index is 9.60. The van der Waals surface area contributed by atoms with Crippen molar-refractivity contribution in [1.82, 2.24) is 4.98 Å². The molecule has 1 fully saturated rings. The summed E-state index contributed by atoms with van der Waals surface area (Å²) >= 11 is 1.48. The number of rotatable bonds is 2. The molecule has 2 heterocycles. The molecule has 0 unspecified atom stereocenters. The minimum Gasteiger partial charge on any atom is -0.492 e. The third-order valence-electron chi connectivity index (χ3n) is 4.46. The molecule has 0 radical (unpaired) electrons. The number of hydrogen-bond acceptors (Lipinski definition) is 5. The predicted molar refractivity (Wildman–Crippen MR) is 89.7 cm³/mol. The van der Waals surface area contributed by atoms with Crippen LogP contribution < -0.4 is 5.46 Å². The standard InChI is InChI=1S/C16H20BNO3S/c1-10-13(19)18-14(22-10)11-6-8-12(9-7-11)17-20-15(2,3)16(4,5)21-17/h6-9,19H,1-5H3. The van der Waals surface area contributed by atoms with Crippen molar-refractivity contribution >= 4 is 23.9 Å². The largest absolute Gasteiger partial charge is 0.494 e. The zero-order chi connectivity index (χ0) is 16.1. The highest BCUT2D eigenvalue weighted by atomic mass is 32.1. The van der Waals surface area contributed by atoms with Crippen LogP contribution >= 0.6 is 11.3 Å². The van der Waals surface area contributed by atoms with Gasteiger partial charge in [0.15, 0.2) is 0 Å². The molecule has 0 spiro atoms. The molecule has 1 aromatic carbocycles. The number of aromatic hydroxyl groups is 1. The highest BCUT2D eigenvalue weighted by Gasteiger charge is 2.51. The summed E-state index contributed by atoms with van der Waals surface area (Å²) in [5.74, 6) is 0.107. The van der Waals surface area contributed by atoms with Crippen molar-refractivity contribution in [3.05, 3.63) is 29.1 Å². The van der Waals surface area contributed by atoms with Crippen LogP contribution in [0.2, 0.25) is 0 Å². The fourth-order valence-corrected chi connectivity index (χ4v) is 3.09. The first kappa shape index (κ1) is 15.5. The van der Waals surface area contributed by atoms with Crippen molar-refractivity contribution in [1.29, 1.82) is 0 Å². The molecular formula is C16H20BNO3S. The van der Waals surface area contributed by atoms with Gasteiger partial charge in [0.05, 0.1) is 16.1 Å². The number of thiazole rings is 1. The molecule has 1 N–H and O–H groups in total. The summed E-state index contributed by atoms with van der Waals surface area (Å²) in [5.41, 5.74) is 1.29. The van der Waals surface area contributed by atoms with Gasteiger partial charge in [-0.15, -0.1) is 11.3 Å². The lowest BCUT2D eigenvalue weighted by atomic mass is 9.79. The van der Waals surface area contributed by atoms with Crippen molar-refractivity contribution in [2.75, 3.05) is 0 Å². The molecule has 0 atom stereocenters. The molecule has 22 heavy (non-hydrogen) atoms. The van der Waals surface area contributed by atoms with E-state index in [1.165, 1.54) is 11.3 Å². The highest BCUT2D eigenvalue weighted by Crippen LogP contribution is 2.36. The van der Waals surface area contributed by atoms with Crippen molar-refractivity contribution < 1.29 is 14.4 Å². The van der Waals surface area contributed by atoms with Gasteiger partial charge in [-0.1, -0.05) is 24.3 Å². The maximum absolute atomic E-state index is 9.60. The predicted octanol–water partition coefficient (Wildman–Crippen LogP) is 3.12. The average molecular weight is 317 g/mol. The van der Waals surface area contributed by atoms with E-state index in [9.17, 15) is 5.11 Å². The second kappa shape index (κ2) is 5.08. The summed E-state index contributed by atoms with van der Waals surface area (Å²) in [7, 11) is -0.356. The van der Waals surface area contributed by atoms with Crippen LogP contribution in [0, 0.1) is 6.92 Å². The van der Waals surface area contributed by atoms with Crippen molar-refractivity contribution in [3.63, 3.8) is 0 Å². The summed E-state index contributed by atoms with van der Waals surface area (Å²) in [6, 6.07) is 7.95. The molecule has 6 heteroatoms. The van der Waals surface area contributed by atoms with Gasteiger partial charge in [-0.05, 0) is 40.1 Å². The first-order chi connectivity index (χ1) is 10.2. The Morgan fingerprint density at radius 3 is 2.05 bits per heavy atom. The normalized spacial score (nSPS) is 19.6. The Morgan fingerprint density at radius 1 is 1.05 bits per heavy atom. The van der Waals surface area contributed by atoms with E-state index in [0.29, 0.717) is 0 Å². The topological polar surface area (TPSA) is 51.6 Å². The molecule has 4 nitrogen and oxygen atoms in total. The number of benzene rings is 1. The van der Waals surface area contributed by atoms with E-state index >= 15 is 0 Å². The van der Waals surface area contributed by atoms with Crippen molar-refractivity contribution in [2.24, 2.45) is 0 Å². The lowest BCUT2D eigenvalue weighted by Crippen LogP contribution is -2.41.